The monoisotopic (exact) mass is 386 g/mol. The highest BCUT2D eigenvalue weighted by Gasteiger charge is 2.48. The Hall–Kier alpha value is -1.67. The van der Waals surface area contributed by atoms with Crippen molar-refractivity contribution in [1.82, 2.24) is 0 Å². The van der Waals surface area contributed by atoms with Crippen molar-refractivity contribution in [3.63, 3.8) is 0 Å². The van der Waals surface area contributed by atoms with E-state index < -0.39 is 50.8 Å². The van der Waals surface area contributed by atoms with Gasteiger partial charge in [-0.2, -0.15) is 16.8 Å². The van der Waals surface area contributed by atoms with Crippen molar-refractivity contribution in [2.75, 3.05) is 0 Å². The van der Waals surface area contributed by atoms with Gasteiger partial charge in [0.05, 0.1) is 12.5 Å². The molecule has 0 amide bonds. The predicted octanol–water partition coefficient (Wildman–Crippen LogP) is -0.315. The molecule has 2 rings (SSSR count). The summed E-state index contributed by atoms with van der Waals surface area (Å²) in [6.07, 6.45) is 5.28. The van der Waals surface area contributed by atoms with E-state index in [1.165, 1.54) is 0 Å². The molecule has 0 aromatic carbocycles. The van der Waals surface area contributed by atoms with Crippen LogP contribution in [-0.2, 0) is 39.5 Å². The van der Waals surface area contributed by atoms with Crippen molar-refractivity contribution >= 4 is 30.1 Å². The standard InChI is InChI=1S/C10H10O10S3/c11-21(12,9-7(22(13,14)15)3-1-5-19-9)10-8(23(16,17)18)4-2-6-20-10/h1-6,9-10H,(H,13,14,15)(H,16,17,18). The van der Waals surface area contributed by atoms with Gasteiger partial charge in [-0.05, 0) is 24.3 Å². The lowest BCUT2D eigenvalue weighted by Gasteiger charge is -2.26. The first-order valence-electron chi connectivity index (χ1n) is 5.68. The van der Waals surface area contributed by atoms with Crippen LogP contribution in [0.4, 0.5) is 0 Å². The number of rotatable bonds is 4. The maximum atomic E-state index is 12.5. The van der Waals surface area contributed by atoms with E-state index in [0.717, 1.165) is 36.8 Å². The van der Waals surface area contributed by atoms with Gasteiger partial charge in [0.25, 0.3) is 20.2 Å². The molecule has 128 valence electrons. The second kappa shape index (κ2) is 5.76. The van der Waals surface area contributed by atoms with Crippen molar-refractivity contribution in [2.45, 2.75) is 10.9 Å². The highest BCUT2D eigenvalue weighted by molar-refractivity contribution is 7.97. The number of hydrogen-bond donors (Lipinski definition) is 2. The minimum atomic E-state index is -4.95. The molecule has 0 radical (unpaired) electrons. The zero-order valence-electron chi connectivity index (χ0n) is 11.0. The molecular formula is C10H10O10S3. The van der Waals surface area contributed by atoms with Crippen LogP contribution < -0.4 is 0 Å². The molecule has 0 aromatic heterocycles. The first-order chi connectivity index (χ1) is 10.5. The molecule has 0 bridgehead atoms. The van der Waals surface area contributed by atoms with Crippen LogP contribution in [0.5, 0.6) is 0 Å². The van der Waals surface area contributed by atoms with Crippen molar-refractivity contribution in [3.8, 4) is 0 Å². The van der Waals surface area contributed by atoms with E-state index in [1.54, 1.807) is 0 Å². The lowest BCUT2D eigenvalue weighted by molar-refractivity contribution is 0.207. The van der Waals surface area contributed by atoms with Crippen molar-refractivity contribution in [3.05, 3.63) is 46.6 Å². The van der Waals surface area contributed by atoms with Crippen LogP contribution in [-0.4, -0.2) is 45.2 Å². The zero-order valence-corrected chi connectivity index (χ0v) is 13.5. The molecule has 13 heteroatoms. The zero-order chi connectivity index (χ0) is 17.5. The fourth-order valence-electron chi connectivity index (χ4n) is 1.80. The first-order valence-corrected chi connectivity index (χ1v) is 10.2. The highest BCUT2D eigenvalue weighted by atomic mass is 32.2. The molecule has 0 saturated carbocycles. The van der Waals surface area contributed by atoms with Gasteiger partial charge in [0, 0.05) is 0 Å². The van der Waals surface area contributed by atoms with Crippen LogP contribution in [0.1, 0.15) is 0 Å². The average Bonchev–Trinajstić information content (AvgIpc) is 2.45. The van der Waals surface area contributed by atoms with Crippen molar-refractivity contribution in [2.24, 2.45) is 0 Å². The fraction of sp³-hybridized carbons (Fsp3) is 0.200. The number of hydrogen-bond acceptors (Lipinski definition) is 8. The summed E-state index contributed by atoms with van der Waals surface area (Å²) in [5, 5.41) is 0. The second-order valence-corrected chi connectivity index (χ2v) is 9.15. The van der Waals surface area contributed by atoms with E-state index >= 15 is 0 Å². The van der Waals surface area contributed by atoms with E-state index in [0.29, 0.717) is 0 Å². The highest BCUT2D eigenvalue weighted by Crippen LogP contribution is 2.31. The lowest BCUT2D eigenvalue weighted by Crippen LogP contribution is -2.40. The van der Waals surface area contributed by atoms with Gasteiger partial charge in [0.1, 0.15) is 9.81 Å². The van der Waals surface area contributed by atoms with Crippen LogP contribution in [0.2, 0.25) is 0 Å². The topological polar surface area (TPSA) is 161 Å². The first kappa shape index (κ1) is 17.7. The van der Waals surface area contributed by atoms with Crippen LogP contribution in [0, 0.1) is 0 Å². The molecular weight excluding hydrogens is 376 g/mol. The van der Waals surface area contributed by atoms with E-state index in [1.807, 2.05) is 0 Å². The third-order valence-corrected chi connectivity index (χ3v) is 6.85. The summed E-state index contributed by atoms with van der Waals surface area (Å²) in [7, 11) is -14.7. The van der Waals surface area contributed by atoms with Crippen LogP contribution in [0.25, 0.3) is 0 Å². The quantitative estimate of drug-likeness (QED) is 0.613. The average molecular weight is 386 g/mol. The minimum absolute atomic E-state index is 0.774. The van der Waals surface area contributed by atoms with Crippen LogP contribution >= 0.6 is 0 Å². The maximum Gasteiger partial charge on any atom is 0.295 e. The number of sulfone groups is 1. The number of ether oxygens (including phenoxy) is 2. The Kier molecular flexibility index (Phi) is 4.42. The summed E-state index contributed by atoms with van der Waals surface area (Å²) >= 11 is 0. The van der Waals surface area contributed by atoms with E-state index in [9.17, 15) is 25.3 Å². The third-order valence-electron chi connectivity index (χ3n) is 2.74. The molecule has 2 aliphatic rings. The summed E-state index contributed by atoms with van der Waals surface area (Å²) in [4.78, 5) is -2.04. The Morgan fingerprint density at radius 2 is 1.09 bits per heavy atom. The molecule has 0 saturated heterocycles. The van der Waals surface area contributed by atoms with Crippen LogP contribution in [0.15, 0.2) is 46.6 Å². The van der Waals surface area contributed by atoms with Gasteiger partial charge in [-0.25, -0.2) is 8.42 Å². The molecule has 10 nitrogen and oxygen atoms in total. The molecule has 2 heterocycles. The molecule has 2 unspecified atom stereocenters. The molecule has 2 aliphatic heterocycles. The fourth-order valence-corrected chi connectivity index (χ4v) is 5.90. The van der Waals surface area contributed by atoms with E-state index in [2.05, 4.69) is 0 Å². The minimum Gasteiger partial charge on any atom is -0.476 e. The van der Waals surface area contributed by atoms with Gasteiger partial charge >= 0.3 is 0 Å². The van der Waals surface area contributed by atoms with Gasteiger partial charge in [0.2, 0.25) is 20.7 Å². The van der Waals surface area contributed by atoms with Crippen molar-refractivity contribution in [1.29, 1.82) is 0 Å². The summed E-state index contributed by atoms with van der Waals surface area (Å²) in [5.41, 5.74) is -4.49. The Bertz CT molecular complexity index is 859. The smallest absolute Gasteiger partial charge is 0.295 e. The van der Waals surface area contributed by atoms with Gasteiger partial charge in [0.15, 0.2) is 0 Å². The molecule has 0 spiro atoms. The second-order valence-electron chi connectivity index (χ2n) is 4.27. The third kappa shape index (κ3) is 3.48. The SMILES string of the molecule is O=S(=O)(O)C1=CC=COC1S(=O)(=O)C1OC=CC=C1S(=O)(=O)O. The van der Waals surface area contributed by atoms with E-state index in [4.69, 9.17) is 18.6 Å². The normalized spacial score (nSPS) is 25.1. The summed E-state index contributed by atoms with van der Waals surface area (Å²) < 4.78 is 97.7. The Labute approximate surface area is 131 Å². The van der Waals surface area contributed by atoms with Gasteiger partial charge in [-0.3, -0.25) is 9.11 Å². The molecule has 2 atom stereocenters. The van der Waals surface area contributed by atoms with Gasteiger partial charge < -0.3 is 9.47 Å². The predicted molar refractivity (Wildman–Crippen MR) is 76.2 cm³/mol. The van der Waals surface area contributed by atoms with Gasteiger partial charge in [-0.15, -0.1) is 0 Å². The lowest BCUT2D eigenvalue weighted by atomic mass is 10.4. The molecule has 0 aromatic rings. The van der Waals surface area contributed by atoms with E-state index in [-0.39, 0.29) is 0 Å². The summed E-state index contributed by atoms with van der Waals surface area (Å²) in [5.74, 6) is 0. The largest absolute Gasteiger partial charge is 0.476 e. The Morgan fingerprint density at radius 1 is 0.739 bits per heavy atom. The maximum absolute atomic E-state index is 12.5. The molecule has 23 heavy (non-hydrogen) atoms. The molecule has 2 N–H and O–H groups in total. The van der Waals surface area contributed by atoms with Crippen LogP contribution in [0.3, 0.4) is 0 Å². The van der Waals surface area contributed by atoms with Crippen molar-refractivity contribution < 1.29 is 43.8 Å². The Morgan fingerprint density at radius 3 is 1.39 bits per heavy atom. The summed E-state index contributed by atoms with van der Waals surface area (Å²) in [6, 6.07) is 0. The Balaban J connectivity index is 2.55. The molecule has 0 fully saturated rings. The number of allylic oxidation sites excluding steroid dienone is 4. The summed E-state index contributed by atoms with van der Waals surface area (Å²) in [6.45, 7) is 0. The molecule has 0 aliphatic carbocycles. The van der Waals surface area contributed by atoms with Gasteiger partial charge in [-0.1, -0.05) is 0 Å².